The highest BCUT2D eigenvalue weighted by molar-refractivity contribution is 6.03. The molecule has 8 heteroatoms. The van der Waals surface area contributed by atoms with Crippen LogP contribution in [0.3, 0.4) is 0 Å². The number of likely N-dealkylation sites (N-methyl/N-ethyl adjacent to an activating group) is 1. The molecule has 0 spiro atoms. The van der Waals surface area contributed by atoms with E-state index in [0.717, 1.165) is 31.9 Å². The lowest BCUT2D eigenvalue weighted by Gasteiger charge is -2.32. The number of piperazine rings is 1. The summed E-state index contributed by atoms with van der Waals surface area (Å²) in [6.45, 7) is 6.88. The molecule has 1 aliphatic heterocycles. The average molecular weight is 368 g/mol. The number of amides is 2. The van der Waals surface area contributed by atoms with Gasteiger partial charge in [0, 0.05) is 50.2 Å². The second-order valence-corrected chi connectivity index (χ2v) is 6.70. The zero-order chi connectivity index (χ0) is 19.4. The summed E-state index contributed by atoms with van der Waals surface area (Å²) in [6, 6.07) is 8.62. The Bertz CT molecular complexity index is 829. The van der Waals surface area contributed by atoms with Gasteiger partial charge >= 0.3 is 0 Å². The van der Waals surface area contributed by atoms with Crippen molar-refractivity contribution in [2.75, 3.05) is 48.8 Å². The molecule has 1 aromatic carbocycles. The number of benzene rings is 1. The highest BCUT2D eigenvalue weighted by Crippen LogP contribution is 2.16. The molecule has 142 valence electrons. The second kappa shape index (κ2) is 8.13. The van der Waals surface area contributed by atoms with E-state index in [-0.39, 0.29) is 11.8 Å². The number of carbonyl (C=O) groups is 2. The maximum atomic E-state index is 12.6. The van der Waals surface area contributed by atoms with Gasteiger partial charge in [0.05, 0.1) is 0 Å². The molecule has 1 aliphatic rings. The first-order chi connectivity index (χ1) is 12.9. The van der Waals surface area contributed by atoms with Crippen molar-refractivity contribution in [1.29, 1.82) is 0 Å². The number of hydrogen-bond donors (Lipinski definition) is 2. The zero-order valence-electron chi connectivity index (χ0n) is 15.8. The predicted octanol–water partition coefficient (Wildman–Crippen LogP) is 1.75. The lowest BCUT2D eigenvalue weighted by atomic mass is 10.2. The van der Waals surface area contributed by atoms with Crippen LogP contribution >= 0.6 is 0 Å². The van der Waals surface area contributed by atoms with Crippen LogP contribution in [0.25, 0.3) is 0 Å². The number of carbonyl (C=O) groups excluding carboxylic acids is 2. The molecule has 1 fully saturated rings. The summed E-state index contributed by atoms with van der Waals surface area (Å²) in [6.07, 6.45) is 0. The topological polar surface area (TPSA) is 90.5 Å². The predicted molar refractivity (Wildman–Crippen MR) is 105 cm³/mol. The van der Waals surface area contributed by atoms with E-state index in [9.17, 15) is 9.59 Å². The number of nitrogens with zero attached hydrogens (tertiary/aromatic N) is 4. The normalized spacial score (nSPS) is 14.7. The van der Waals surface area contributed by atoms with Crippen molar-refractivity contribution in [3.63, 3.8) is 0 Å². The van der Waals surface area contributed by atoms with Crippen molar-refractivity contribution in [2.24, 2.45) is 0 Å². The Morgan fingerprint density at radius 3 is 2.15 bits per heavy atom. The van der Waals surface area contributed by atoms with Gasteiger partial charge in [-0.1, -0.05) is 0 Å². The SMILES string of the molecule is CC(=O)Nc1ccc(NC(=O)c2cc(C)nc(N3CCN(C)CC3)n2)cc1. The molecule has 27 heavy (non-hydrogen) atoms. The van der Waals surface area contributed by atoms with Crippen molar-refractivity contribution in [2.45, 2.75) is 13.8 Å². The Morgan fingerprint density at radius 2 is 1.56 bits per heavy atom. The Kier molecular flexibility index (Phi) is 5.66. The van der Waals surface area contributed by atoms with E-state index < -0.39 is 0 Å². The van der Waals surface area contributed by atoms with Crippen molar-refractivity contribution in [1.82, 2.24) is 14.9 Å². The smallest absolute Gasteiger partial charge is 0.274 e. The third kappa shape index (κ3) is 5.01. The highest BCUT2D eigenvalue weighted by atomic mass is 16.2. The summed E-state index contributed by atoms with van der Waals surface area (Å²) in [5, 5.41) is 5.52. The van der Waals surface area contributed by atoms with E-state index in [2.05, 4.69) is 37.4 Å². The lowest BCUT2D eigenvalue weighted by Crippen LogP contribution is -2.45. The van der Waals surface area contributed by atoms with Gasteiger partial charge in [-0.2, -0.15) is 0 Å². The molecular formula is C19H24N6O2. The van der Waals surface area contributed by atoms with Gasteiger partial charge in [-0.3, -0.25) is 9.59 Å². The molecule has 0 radical (unpaired) electrons. The molecule has 2 heterocycles. The molecule has 8 nitrogen and oxygen atoms in total. The van der Waals surface area contributed by atoms with Crippen LogP contribution < -0.4 is 15.5 Å². The van der Waals surface area contributed by atoms with Crippen LogP contribution in [0.15, 0.2) is 30.3 Å². The minimum absolute atomic E-state index is 0.139. The molecule has 2 aromatic rings. The minimum atomic E-state index is -0.289. The van der Waals surface area contributed by atoms with Gasteiger partial charge in [-0.05, 0) is 44.3 Å². The summed E-state index contributed by atoms with van der Waals surface area (Å²) < 4.78 is 0. The molecule has 0 saturated carbocycles. The standard InChI is InChI=1S/C19H24N6O2/c1-13-12-17(23-19(20-13)25-10-8-24(3)9-11-25)18(27)22-16-6-4-15(5-7-16)21-14(2)26/h4-7,12H,8-11H2,1-3H3,(H,21,26)(H,22,27). The van der Waals surface area contributed by atoms with Gasteiger partial charge in [-0.15, -0.1) is 0 Å². The lowest BCUT2D eigenvalue weighted by molar-refractivity contribution is -0.114. The highest BCUT2D eigenvalue weighted by Gasteiger charge is 2.19. The zero-order valence-corrected chi connectivity index (χ0v) is 15.8. The number of hydrogen-bond acceptors (Lipinski definition) is 6. The number of aryl methyl sites for hydroxylation is 1. The molecule has 0 aliphatic carbocycles. The fourth-order valence-corrected chi connectivity index (χ4v) is 2.85. The molecule has 1 aromatic heterocycles. The third-order valence-electron chi connectivity index (χ3n) is 4.32. The maximum absolute atomic E-state index is 12.6. The molecule has 2 amide bonds. The number of aromatic nitrogens is 2. The average Bonchev–Trinajstić information content (AvgIpc) is 2.63. The first-order valence-electron chi connectivity index (χ1n) is 8.89. The van der Waals surface area contributed by atoms with Gasteiger partial charge in [0.15, 0.2) is 0 Å². The van der Waals surface area contributed by atoms with E-state index in [4.69, 9.17) is 0 Å². The minimum Gasteiger partial charge on any atom is -0.338 e. The van der Waals surface area contributed by atoms with Gasteiger partial charge in [0.25, 0.3) is 5.91 Å². The first-order valence-corrected chi connectivity index (χ1v) is 8.89. The van der Waals surface area contributed by atoms with Crippen LogP contribution in [-0.2, 0) is 4.79 Å². The number of nitrogens with one attached hydrogen (secondary N) is 2. The van der Waals surface area contributed by atoms with Crippen LogP contribution in [0.2, 0.25) is 0 Å². The van der Waals surface area contributed by atoms with Crippen molar-refractivity contribution in [3.05, 3.63) is 41.7 Å². The molecule has 0 unspecified atom stereocenters. The third-order valence-corrected chi connectivity index (χ3v) is 4.32. The monoisotopic (exact) mass is 368 g/mol. The van der Waals surface area contributed by atoms with Crippen molar-refractivity contribution >= 4 is 29.1 Å². The second-order valence-electron chi connectivity index (χ2n) is 6.70. The van der Waals surface area contributed by atoms with Crippen LogP contribution in [0.1, 0.15) is 23.1 Å². The molecule has 2 N–H and O–H groups in total. The fraction of sp³-hybridized carbons (Fsp3) is 0.368. The molecule has 1 saturated heterocycles. The van der Waals surface area contributed by atoms with Crippen LogP contribution in [-0.4, -0.2) is 59.9 Å². The van der Waals surface area contributed by atoms with Gasteiger partial charge in [-0.25, -0.2) is 9.97 Å². The Labute approximate surface area is 158 Å². The Hall–Kier alpha value is -3.00. The number of anilines is 3. The van der Waals surface area contributed by atoms with E-state index in [1.807, 2.05) is 6.92 Å². The summed E-state index contributed by atoms with van der Waals surface area (Å²) in [5.41, 5.74) is 2.40. The summed E-state index contributed by atoms with van der Waals surface area (Å²) in [7, 11) is 2.09. The van der Waals surface area contributed by atoms with Crippen LogP contribution in [0, 0.1) is 6.92 Å². The summed E-state index contributed by atoms with van der Waals surface area (Å²) in [4.78, 5) is 37.0. The molecule has 3 rings (SSSR count). The Morgan fingerprint density at radius 1 is 0.963 bits per heavy atom. The quantitative estimate of drug-likeness (QED) is 0.854. The number of rotatable bonds is 4. The summed E-state index contributed by atoms with van der Waals surface area (Å²) >= 11 is 0. The van der Waals surface area contributed by atoms with Gasteiger partial charge < -0.3 is 20.4 Å². The summed E-state index contributed by atoms with van der Waals surface area (Å²) in [5.74, 6) is 0.164. The van der Waals surface area contributed by atoms with Crippen LogP contribution in [0.5, 0.6) is 0 Å². The van der Waals surface area contributed by atoms with Crippen LogP contribution in [0.4, 0.5) is 17.3 Å². The maximum Gasteiger partial charge on any atom is 0.274 e. The van der Waals surface area contributed by atoms with E-state index >= 15 is 0 Å². The van der Waals surface area contributed by atoms with E-state index in [1.54, 1.807) is 30.3 Å². The van der Waals surface area contributed by atoms with E-state index in [0.29, 0.717) is 23.0 Å². The van der Waals surface area contributed by atoms with Gasteiger partial charge in [0.1, 0.15) is 5.69 Å². The Balaban J connectivity index is 1.71. The molecular weight excluding hydrogens is 344 g/mol. The molecule has 0 bridgehead atoms. The van der Waals surface area contributed by atoms with Crippen molar-refractivity contribution in [3.8, 4) is 0 Å². The van der Waals surface area contributed by atoms with E-state index in [1.165, 1.54) is 6.92 Å². The van der Waals surface area contributed by atoms with Gasteiger partial charge in [0.2, 0.25) is 11.9 Å². The fourth-order valence-electron chi connectivity index (χ4n) is 2.85. The van der Waals surface area contributed by atoms with Crippen molar-refractivity contribution < 1.29 is 9.59 Å². The molecule has 0 atom stereocenters. The largest absolute Gasteiger partial charge is 0.338 e. The first kappa shape index (κ1) is 18.8.